The number of nitrogens with zero attached hydrogens (tertiary/aromatic N) is 3. The molecule has 2 aromatic carbocycles. The SMILES string of the molecule is CS(=O)(=O)c1ccc(-c2n[nH]c([C@H]3CNCCN3C(=O)COc3ccccc3)n2)cc1. The third-order valence-corrected chi connectivity index (χ3v) is 6.16. The fourth-order valence-corrected chi connectivity index (χ4v) is 4.03. The molecule has 10 heteroatoms. The quantitative estimate of drug-likeness (QED) is 0.594. The number of H-pyrrole nitrogens is 1. The van der Waals surface area contributed by atoms with Crippen molar-refractivity contribution >= 4 is 15.7 Å². The first-order valence-electron chi connectivity index (χ1n) is 9.82. The number of amides is 1. The highest BCUT2D eigenvalue weighted by Crippen LogP contribution is 2.23. The molecule has 1 aliphatic heterocycles. The zero-order chi connectivity index (χ0) is 21.8. The molecule has 0 aliphatic carbocycles. The molecule has 0 spiro atoms. The Kier molecular flexibility index (Phi) is 6.01. The van der Waals surface area contributed by atoms with Crippen molar-refractivity contribution in [3.63, 3.8) is 0 Å². The van der Waals surface area contributed by atoms with Gasteiger partial charge in [-0.1, -0.05) is 18.2 Å². The zero-order valence-electron chi connectivity index (χ0n) is 17.0. The molecule has 2 N–H and O–H groups in total. The summed E-state index contributed by atoms with van der Waals surface area (Å²) in [5.74, 6) is 1.50. The van der Waals surface area contributed by atoms with Gasteiger partial charge in [0.2, 0.25) is 0 Å². The minimum Gasteiger partial charge on any atom is -0.484 e. The molecule has 4 rings (SSSR count). The number of aromatic amines is 1. The van der Waals surface area contributed by atoms with Gasteiger partial charge in [-0.25, -0.2) is 13.4 Å². The van der Waals surface area contributed by atoms with Gasteiger partial charge >= 0.3 is 0 Å². The van der Waals surface area contributed by atoms with Crippen LogP contribution in [-0.4, -0.2) is 66.9 Å². The third-order valence-electron chi connectivity index (χ3n) is 5.03. The first-order chi connectivity index (χ1) is 14.9. The van der Waals surface area contributed by atoms with Gasteiger partial charge in [-0.3, -0.25) is 9.89 Å². The summed E-state index contributed by atoms with van der Waals surface area (Å²) in [4.78, 5) is 19.3. The Bertz CT molecular complexity index is 1150. The van der Waals surface area contributed by atoms with E-state index in [4.69, 9.17) is 4.74 Å². The van der Waals surface area contributed by atoms with Crippen molar-refractivity contribution in [2.24, 2.45) is 0 Å². The number of hydrogen-bond donors (Lipinski definition) is 2. The number of benzene rings is 2. The number of nitrogens with one attached hydrogen (secondary N) is 2. The molecule has 3 aromatic rings. The van der Waals surface area contributed by atoms with E-state index in [-0.39, 0.29) is 23.5 Å². The van der Waals surface area contributed by atoms with Crippen LogP contribution in [0.15, 0.2) is 59.5 Å². The van der Waals surface area contributed by atoms with E-state index < -0.39 is 9.84 Å². The first-order valence-corrected chi connectivity index (χ1v) is 11.7. The number of aromatic nitrogens is 3. The molecule has 0 radical (unpaired) electrons. The molecule has 1 saturated heterocycles. The molecule has 31 heavy (non-hydrogen) atoms. The maximum absolute atomic E-state index is 12.8. The van der Waals surface area contributed by atoms with Crippen LogP contribution >= 0.6 is 0 Å². The van der Waals surface area contributed by atoms with Gasteiger partial charge in [-0.2, -0.15) is 5.10 Å². The van der Waals surface area contributed by atoms with Crippen molar-refractivity contribution in [2.75, 3.05) is 32.5 Å². The van der Waals surface area contributed by atoms with Crippen molar-refractivity contribution in [3.05, 3.63) is 60.4 Å². The lowest BCUT2D eigenvalue weighted by Gasteiger charge is -2.34. The van der Waals surface area contributed by atoms with Crippen LogP contribution in [0.4, 0.5) is 0 Å². The van der Waals surface area contributed by atoms with Crippen LogP contribution < -0.4 is 10.1 Å². The maximum Gasteiger partial charge on any atom is 0.261 e. The normalized spacial score (nSPS) is 16.8. The molecule has 162 valence electrons. The Morgan fingerprint density at radius 3 is 2.61 bits per heavy atom. The molecule has 2 heterocycles. The number of para-hydroxylation sites is 1. The lowest BCUT2D eigenvalue weighted by Crippen LogP contribution is -2.50. The molecule has 0 bridgehead atoms. The predicted octanol–water partition coefficient (Wildman–Crippen LogP) is 1.43. The highest BCUT2D eigenvalue weighted by molar-refractivity contribution is 7.90. The summed E-state index contributed by atoms with van der Waals surface area (Å²) in [6.07, 6.45) is 1.16. The second-order valence-electron chi connectivity index (χ2n) is 7.25. The Labute approximate surface area is 180 Å². The Morgan fingerprint density at radius 2 is 1.90 bits per heavy atom. The number of rotatable bonds is 6. The van der Waals surface area contributed by atoms with Crippen molar-refractivity contribution in [2.45, 2.75) is 10.9 Å². The van der Waals surface area contributed by atoms with Gasteiger partial charge in [0.25, 0.3) is 5.91 Å². The summed E-state index contributed by atoms with van der Waals surface area (Å²) in [5, 5.41) is 10.5. The largest absolute Gasteiger partial charge is 0.484 e. The molecule has 1 aromatic heterocycles. The van der Waals surface area contributed by atoms with E-state index in [1.54, 1.807) is 29.2 Å². The summed E-state index contributed by atoms with van der Waals surface area (Å²) < 4.78 is 28.9. The molecule has 1 amide bonds. The van der Waals surface area contributed by atoms with E-state index in [1.807, 2.05) is 18.2 Å². The number of ether oxygens (including phenoxy) is 1. The van der Waals surface area contributed by atoms with Crippen molar-refractivity contribution < 1.29 is 17.9 Å². The van der Waals surface area contributed by atoms with Gasteiger partial charge in [0.1, 0.15) is 17.6 Å². The molecule has 0 saturated carbocycles. The molecular weight excluding hydrogens is 418 g/mol. The number of hydrogen-bond acceptors (Lipinski definition) is 7. The summed E-state index contributed by atoms with van der Waals surface area (Å²) >= 11 is 0. The van der Waals surface area contributed by atoms with E-state index in [0.717, 1.165) is 6.26 Å². The van der Waals surface area contributed by atoms with Crippen molar-refractivity contribution in [3.8, 4) is 17.1 Å². The molecule has 0 unspecified atom stereocenters. The van der Waals surface area contributed by atoms with Crippen LogP contribution in [0.25, 0.3) is 11.4 Å². The van der Waals surface area contributed by atoms with Gasteiger partial charge in [0.05, 0.1) is 4.90 Å². The van der Waals surface area contributed by atoms with Crippen LogP contribution in [-0.2, 0) is 14.6 Å². The van der Waals surface area contributed by atoms with Crippen LogP contribution in [0.3, 0.4) is 0 Å². The minimum absolute atomic E-state index is 0.0611. The van der Waals surface area contributed by atoms with E-state index in [9.17, 15) is 13.2 Å². The smallest absolute Gasteiger partial charge is 0.261 e. The van der Waals surface area contributed by atoms with Crippen molar-refractivity contribution in [1.82, 2.24) is 25.4 Å². The number of carbonyl (C=O) groups excluding carboxylic acids is 1. The minimum atomic E-state index is -3.27. The molecule has 1 atom stereocenters. The average molecular weight is 442 g/mol. The van der Waals surface area contributed by atoms with Gasteiger partial charge in [-0.05, 0) is 36.4 Å². The zero-order valence-corrected chi connectivity index (χ0v) is 17.8. The third kappa shape index (κ3) is 4.92. The Balaban J connectivity index is 1.48. The lowest BCUT2D eigenvalue weighted by atomic mass is 10.1. The lowest BCUT2D eigenvalue weighted by molar-refractivity contribution is -0.137. The predicted molar refractivity (Wildman–Crippen MR) is 114 cm³/mol. The van der Waals surface area contributed by atoms with Crippen LogP contribution in [0.2, 0.25) is 0 Å². The summed E-state index contributed by atoms with van der Waals surface area (Å²) in [6.45, 7) is 1.69. The molecule has 9 nitrogen and oxygen atoms in total. The van der Waals surface area contributed by atoms with E-state index >= 15 is 0 Å². The number of carbonyl (C=O) groups is 1. The van der Waals surface area contributed by atoms with E-state index in [1.165, 1.54) is 12.1 Å². The van der Waals surface area contributed by atoms with Gasteiger partial charge < -0.3 is 15.0 Å². The van der Waals surface area contributed by atoms with Crippen LogP contribution in [0.1, 0.15) is 11.9 Å². The fourth-order valence-electron chi connectivity index (χ4n) is 3.40. The van der Waals surface area contributed by atoms with Gasteiger partial charge in [0, 0.05) is 31.5 Å². The summed E-state index contributed by atoms with van der Waals surface area (Å²) in [5.41, 5.74) is 0.684. The van der Waals surface area contributed by atoms with Crippen LogP contribution in [0, 0.1) is 0 Å². The maximum atomic E-state index is 12.8. The monoisotopic (exact) mass is 441 g/mol. The van der Waals surface area contributed by atoms with Gasteiger partial charge in [0.15, 0.2) is 22.3 Å². The summed E-state index contributed by atoms with van der Waals surface area (Å²) in [6, 6.07) is 15.3. The number of sulfone groups is 1. The van der Waals surface area contributed by atoms with Gasteiger partial charge in [-0.15, -0.1) is 0 Å². The second-order valence-corrected chi connectivity index (χ2v) is 9.27. The van der Waals surface area contributed by atoms with E-state index in [0.29, 0.717) is 42.6 Å². The first kappa shape index (κ1) is 21.0. The molecular formula is C21H23N5O4S. The van der Waals surface area contributed by atoms with Crippen LogP contribution in [0.5, 0.6) is 5.75 Å². The topological polar surface area (TPSA) is 117 Å². The standard InChI is InChI=1S/C21H23N5O4S/c1-31(28,29)17-9-7-15(8-10-17)20-23-21(25-24-20)18-13-22-11-12-26(18)19(27)14-30-16-5-3-2-4-6-16/h2-10,18,22H,11-14H2,1H3,(H,23,24,25)/t18-/m1/s1. The van der Waals surface area contributed by atoms with Crippen molar-refractivity contribution in [1.29, 1.82) is 0 Å². The molecule has 1 aliphatic rings. The average Bonchev–Trinajstić information content (AvgIpc) is 3.28. The highest BCUT2D eigenvalue weighted by atomic mass is 32.2. The molecule has 1 fully saturated rings. The second kappa shape index (κ2) is 8.86. The Morgan fingerprint density at radius 1 is 1.16 bits per heavy atom. The summed E-state index contributed by atoms with van der Waals surface area (Å²) in [7, 11) is -3.27. The fraction of sp³-hybridized carbons (Fsp3) is 0.286. The number of piperazine rings is 1. The van der Waals surface area contributed by atoms with E-state index in [2.05, 4.69) is 20.5 Å². The Hall–Kier alpha value is -3.24. The highest BCUT2D eigenvalue weighted by Gasteiger charge is 2.30.